The topological polar surface area (TPSA) is 83.6 Å². The highest BCUT2D eigenvalue weighted by atomic mass is 16.1. The number of anilines is 1. The average molecular weight is 205 g/mol. The van der Waals surface area contributed by atoms with E-state index in [1.165, 1.54) is 12.4 Å². The Labute approximate surface area is 85.8 Å². The van der Waals surface area contributed by atoms with Crippen molar-refractivity contribution in [3.63, 3.8) is 0 Å². The van der Waals surface area contributed by atoms with Crippen LogP contribution >= 0.6 is 0 Å². The molecule has 0 aromatic carbocycles. The predicted octanol–water partition coefficient (Wildman–Crippen LogP) is 0.535. The molecule has 0 bridgehead atoms. The molecule has 0 saturated carbocycles. The summed E-state index contributed by atoms with van der Waals surface area (Å²) in [5.41, 5.74) is 0.353. The first-order valence-electron chi connectivity index (χ1n) is 4.76. The minimum Gasteiger partial charge on any atom is -0.356 e. The molecule has 2 rings (SSSR count). The lowest BCUT2D eigenvalue weighted by atomic mass is 10.5. The molecule has 15 heavy (non-hydrogen) atoms. The maximum atomic E-state index is 11.5. The molecule has 0 amide bonds. The van der Waals surface area contributed by atoms with Gasteiger partial charge in [-0.15, -0.1) is 0 Å². The molecule has 0 aliphatic carbocycles. The van der Waals surface area contributed by atoms with Gasteiger partial charge < -0.3 is 5.32 Å². The lowest BCUT2D eigenvalue weighted by molar-refractivity contribution is 0.950. The molecule has 2 heterocycles. The van der Waals surface area contributed by atoms with E-state index in [1.807, 2.05) is 6.92 Å². The van der Waals surface area contributed by atoms with E-state index in [1.54, 1.807) is 0 Å². The van der Waals surface area contributed by atoms with Gasteiger partial charge in [0.15, 0.2) is 11.2 Å². The van der Waals surface area contributed by atoms with Gasteiger partial charge in [0, 0.05) is 18.9 Å². The standard InChI is InChI=1S/C9H11N5O/c1-2-3-12-9-13-7-6(8(15)14-9)10-4-5-11-7/h4-5H,2-3H2,1H3,(H2,11,12,13,14,15). The molecule has 2 N–H and O–H groups in total. The Morgan fingerprint density at radius 2 is 2.20 bits per heavy atom. The highest BCUT2D eigenvalue weighted by molar-refractivity contribution is 5.68. The molecule has 0 aliphatic heterocycles. The second-order valence-electron chi connectivity index (χ2n) is 3.07. The highest BCUT2D eigenvalue weighted by Crippen LogP contribution is 2.01. The van der Waals surface area contributed by atoms with E-state index < -0.39 is 0 Å². The van der Waals surface area contributed by atoms with Gasteiger partial charge in [0.1, 0.15) is 0 Å². The molecule has 0 atom stereocenters. The van der Waals surface area contributed by atoms with E-state index in [2.05, 4.69) is 25.3 Å². The largest absolute Gasteiger partial charge is 0.356 e. The van der Waals surface area contributed by atoms with Gasteiger partial charge in [-0.05, 0) is 6.42 Å². The van der Waals surface area contributed by atoms with Crippen molar-refractivity contribution in [2.24, 2.45) is 0 Å². The van der Waals surface area contributed by atoms with E-state index in [4.69, 9.17) is 0 Å². The Morgan fingerprint density at radius 3 is 3.00 bits per heavy atom. The monoisotopic (exact) mass is 205 g/mol. The van der Waals surface area contributed by atoms with Crippen molar-refractivity contribution in [1.29, 1.82) is 0 Å². The van der Waals surface area contributed by atoms with Crippen molar-refractivity contribution in [2.45, 2.75) is 13.3 Å². The summed E-state index contributed by atoms with van der Waals surface area (Å²) >= 11 is 0. The van der Waals surface area contributed by atoms with Gasteiger partial charge in [0.25, 0.3) is 5.56 Å². The van der Waals surface area contributed by atoms with E-state index >= 15 is 0 Å². The summed E-state index contributed by atoms with van der Waals surface area (Å²) in [6.07, 6.45) is 3.94. The van der Waals surface area contributed by atoms with Gasteiger partial charge in [-0.2, -0.15) is 4.98 Å². The molecule has 6 nitrogen and oxygen atoms in total. The number of aromatic nitrogens is 4. The summed E-state index contributed by atoms with van der Waals surface area (Å²) in [7, 11) is 0. The molecule has 6 heteroatoms. The maximum absolute atomic E-state index is 11.5. The van der Waals surface area contributed by atoms with Crippen LogP contribution in [0.4, 0.5) is 5.95 Å². The second kappa shape index (κ2) is 4.04. The van der Waals surface area contributed by atoms with Crippen molar-refractivity contribution in [3.05, 3.63) is 22.7 Å². The number of aromatic amines is 1. The van der Waals surface area contributed by atoms with Crippen molar-refractivity contribution in [1.82, 2.24) is 19.9 Å². The first-order valence-corrected chi connectivity index (χ1v) is 4.76. The highest BCUT2D eigenvalue weighted by Gasteiger charge is 2.03. The van der Waals surface area contributed by atoms with Crippen LogP contribution in [0.25, 0.3) is 11.2 Å². The number of fused-ring (bicyclic) bond motifs is 1. The summed E-state index contributed by atoms with van der Waals surface area (Å²) in [5, 5.41) is 2.99. The molecular weight excluding hydrogens is 194 g/mol. The third-order valence-corrected chi connectivity index (χ3v) is 1.89. The van der Waals surface area contributed by atoms with Gasteiger partial charge in [-0.1, -0.05) is 6.92 Å². The molecule has 0 saturated heterocycles. The summed E-state index contributed by atoms with van der Waals surface area (Å²) < 4.78 is 0. The Morgan fingerprint density at radius 1 is 1.40 bits per heavy atom. The average Bonchev–Trinajstić information content (AvgIpc) is 2.26. The fraction of sp³-hybridized carbons (Fsp3) is 0.333. The molecule has 0 radical (unpaired) electrons. The zero-order valence-electron chi connectivity index (χ0n) is 8.32. The van der Waals surface area contributed by atoms with Crippen LogP contribution in [0, 0.1) is 0 Å². The number of H-pyrrole nitrogens is 1. The molecule has 78 valence electrons. The van der Waals surface area contributed by atoms with Crippen LogP contribution in [-0.4, -0.2) is 26.5 Å². The number of hydrogen-bond acceptors (Lipinski definition) is 5. The van der Waals surface area contributed by atoms with Crippen LogP contribution in [0.2, 0.25) is 0 Å². The van der Waals surface area contributed by atoms with E-state index in [-0.39, 0.29) is 11.1 Å². The predicted molar refractivity (Wildman–Crippen MR) is 56.7 cm³/mol. The number of rotatable bonds is 3. The molecular formula is C9H11N5O. The molecule has 0 spiro atoms. The first-order chi connectivity index (χ1) is 7.31. The molecule has 0 aliphatic rings. The quantitative estimate of drug-likeness (QED) is 0.763. The van der Waals surface area contributed by atoms with E-state index in [0.29, 0.717) is 11.6 Å². The Balaban J connectivity index is 2.48. The van der Waals surface area contributed by atoms with Crippen LogP contribution < -0.4 is 10.9 Å². The van der Waals surface area contributed by atoms with Crippen LogP contribution in [-0.2, 0) is 0 Å². The van der Waals surface area contributed by atoms with Crippen LogP contribution in [0.3, 0.4) is 0 Å². The van der Waals surface area contributed by atoms with Crippen molar-refractivity contribution >= 4 is 17.1 Å². The SMILES string of the molecule is CCCNc1nc2nccnc2c(=O)[nH]1. The number of hydrogen-bond donors (Lipinski definition) is 2. The van der Waals surface area contributed by atoms with Crippen LogP contribution in [0.5, 0.6) is 0 Å². The Kier molecular flexibility index (Phi) is 2.57. The lowest BCUT2D eigenvalue weighted by Crippen LogP contribution is -2.15. The third kappa shape index (κ3) is 1.93. The molecule has 2 aromatic rings. The minimum atomic E-state index is -0.272. The Hall–Kier alpha value is -1.98. The van der Waals surface area contributed by atoms with Crippen LogP contribution in [0.15, 0.2) is 17.2 Å². The smallest absolute Gasteiger partial charge is 0.280 e. The summed E-state index contributed by atoms with van der Waals surface area (Å²) in [6, 6.07) is 0. The minimum absolute atomic E-state index is 0.263. The van der Waals surface area contributed by atoms with Gasteiger partial charge in [-0.3, -0.25) is 9.78 Å². The van der Waals surface area contributed by atoms with Gasteiger partial charge >= 0.3 is 0 Å². The summed E-state index contributed by atoms with van der Waals surface area (Å²) in [5.74, 6) is 0.440. The second-order valence-corrected chi connectivity index (χ2v) is 3.07. The van der Waals surface area contributed by atoms with Gasteiger partial charge in [-0.25, -0.2) is 9.97 Å². The van der Waals surface area contributed by atoms with Gasteiger partial charge in [0.2, 0.25) is 5.95 Å². The molecule has 0 fully saturated rings. The fourth-order valence-corrected chi connectivity index (χ4v) is 1.20. The summed E-state index contributed by atoms with van der Waals surface area (Å²) in [6.45, 7) is 2.79. The molecule has 2 aromatic heterocycles. The third-order valence-electron chi connectivity index (χ3n) is 1.89. The molecule has 0 unspecified atom stereocenters. The van der Waals surface area contributed by atoms with Crippen molar-refractivity contribution in [2.75, 3.05) is 11.9 Å². The number of nitrogens with one attached hydrogen (secondary N) is 2. The maximum Gasteiger partial charge on any atom is 0.280 e. The van der Waals surface area contributed by atoms with Crippen molar-refractivity contribution < 1.29 is 0 Å². The van der Waals surface area contributed by atoms with E-state index in [0.717, 1.165) is 13.0 Å². The number of nitrogens with zero attached hydrogens (tertiary/aromatic N) is 3. The first kappa shape index (κ1) is 9.57. The summed E-state index contributed by atoms with van der Waals surface area (Å²) in [4.78, 5) is 26.1. The van der Waals surface area contributed by atoms with Crippen molar-refractivity contribution in [3.8, 4) is 0 Å². The van der Waals surface area contributed by atoms with Gasteiger partial charge in [0.05, 0.1) is 0 Å². The van der Waals surface area contributed by atoms with Crippen LogP contribution in [0.1, 0.15) is 13.3 Å². The van der Waals surface area contributed by atoms with E-state index in [9.17, 15) is 4.79 Å². The zero-order chi connectivity index (χ0) is 10.7. The normalized spacial score (nSPS) is 10.5. The Bertz CT molecular complexity index is 521. The lowest BCUT2D eigenvalue weighted by Gasteiger charge is -2.03. The fourth-order valence-electron chi connectivity index (χ4n) is 1.20. The zero-order valence-corrected chi connectivity index (χ0v) is 8.32.